The number of carbonyl (C=O) groups is 1. The Balaban J connectivity index is 1.90. The summed E-state index contributed by atoms with van der Waals surface area (Å²) < 4.78 is 28.1. The van der Waals surface area contributed by atoms with Crippen LogP contribution in [0.15, 0.2) is 45.6 Å². The van der Waals surface area contributed by atoms with Gasteiger partial charge in [-0.2, -0.15) is 0 Å². The summed E-state index contributed by atoms with van der Waals surface area (Å²) in [4.78, 5) is 25.9. The van der Waals surface area contributed by atoms with Crippen molar-refractivity contribution in [1.29, 1.82) is 0 Å². The first-order valence-electron chi connectivity index (χ1n) is 9.96. The highest BCUT2D eigenvalue weighted by molar-refractivity contribution is 7.84. The van der Waals surface area contributed by atoms with Crippen LogP contribution < -0.4 is 19.8 Å². The van der Waals surface area contributed by atoms with Crippen molar-refractivity contribution in [2.24, 2.45) is 0 Å². The van der Waals surface area contributed by atoms with Gasteiger partial charge in [-0.05, 0) is 36.2 Å². The number of aliphatic hydroxyl groups excluding tert-OH is 1. The average Bonchev–Trinajstić information content (AvgIpc) is 2.76. The van der Waals surface area contributed by atoms with Crippen molar-refractivity contribution in [1.82, 2.24) is 9.62 Å². The number of aliphatic hydroxyl groups is 1. The van der Waals surface area contributed by atoms with Gasteiger partial charge in [-0.15, -0.1) is 0 Å². The Hall–Kier alpha value is -2.92. The normalized spacial score (nSPS) is 11.9. The van der Waals surface area contributed by atoms with Gasteiger partial charge >= 0.3 is 11.7 Å². The van der Waals surface area contributed by atoms with Crippen LogP contribution >= 0.6 is 11.6 Å². The fourth-order valence-electron chi connectivity index (χ4n) is 3.09. The van der Waals surface area contributed by atoms with E-state index in [-0.39, 0.29) is 35.9 Å². The molecule has 3 rings (SSSR count). The van der Waals surface area contributed by atoms with Crippen LogP contribution in [0.2, 0.25) is 5.02 Å². The third-order valence-electron chi connectivity index (χ3n) is 4.77. The van der Waals surface area contributed by atoms with E-state index in [9.17, 15) is 13.8 Å². The van der Waals surface area contributed by atoms with Crippen molar-refractivity contribution in [2.75, 3.05) is 32.0 Å². The smallest absolute Gasteiger partial charge is 0.414 e. The first-order chi connectivity index (χ1) is 15.7. The van der Waals surface area contributed by atoms with Gasteiger partial charge in [0, 0.05) is 49.8 Å². The SMILES string of the molecule is Cc1c(Cc2cccc(NS(=O)NCCO)c2)c(=O)oc2cc(OC(=O)N(C)C)c(Cl)cc12. The van der Waals surface area contributed by atoms with Crippen molar-refractivity contribution in [3.63, 3.8) is 0 Å². The molecule has 2 aromatic carbocycles. The third kappa shape index (κ3) is 6.11. The Morgan fingerprint density at radius 1 is 1.27 bits per heavy atom. The van der Waals surface area contributed by atoms with Gasteiger partial charge in [0.25, 0.3) is 0 Å². The van der Waals surface area contributed by atoms with Crippen LogP contribution in [0, 0.1) is 6.92 Å². The van der Waals surface area contributed by atoms with Crippen molar-refractivity contribution in [3.8, 4) is 5.75 Å². The lowest BCUT2D eigenvalue weighted by Gasteiger charge is -2.14. The van der Waals surface area contributed by atoms with Crippen molar-refractivity contribution >= 4 is 45.5 Å². The summed E-state index contributed by atoms with van der Waals surface area (Å²) in [6.07, 6.45) is -0.321. The molecule has 0 saturated carbocycles. The number of hydrogen-bond acceptors (Lipinski definition) is 6. The maximum absolute atomic E-state index is 12.8. The van der Waals surface area contributed by atoms with Gasteiger partial charge in [0.2, 0.25) is 0 Å². The highest BCUT2D eigenvalue weighted by Gasteiger charge is 2.17. The molecule has 1 atom stereocenters. The number of halogens is 1. The number of nitrogens with zero attached hydrogens (tertiary/aromatic N) is 1. The molecule has 0 aliphatic carbocycles. The van der Waals surface area contributed by atoms with Crippen LogP contribution in [0.3, 0.4) is 0 Å². The van der Waals surface area contributed by atoms with Gasteiger partial charge in [0.1, 0.15) is 5.58 Å². The molecule has 33 heavy (non-hydrogen) atoms. The zero-order valence-electron chi connectivity index (χ0n) is 18.3. The molecule has 1 heterocycles. The molecule has 9 nitrogen and oxygen atoms in total. The van der Waals surface area contributed by atoms with Crippen molar-refractivity contribution in [3.05, 3.63) is 68.5 Å². The van der Waals surface area contributed by atoms with Gasteiger partial charge in [0.15, 0.2) is 16.9 Å². The van der Waals surface area contributed by atoms with Gasteiger partial charge < -0.3 is 19.2 Å². The molecule has 0 bridgehead atoms. The molecule has 3 N–H and O–H groups in total. The maximum Gasteiger partial charge on any atom is 0.414 e. The summed E-state index contributed by atoms with van der Waals surface area (Å²) in [7, 11) is 3.09. The fraction of sp³-hybridized carbons (Fsp3) is 0.273. The number of carbonyl (C=O) groups excluding carboxylic acids is 1. The first-order valence-corrected chi connectivity index (χ1v) is 11.5. The Morgan fingerprint density at radius 3 is 2.73 bits per heavy atom. The minimum atomic E-state index is -1.56. The fourth-order valence-corrected chi connectivity index (χ4v) is 3.98. The van der Waals surface area contributed by atoms with Crippen LogP contribution in [-0.4, -0.2) is 47.6 Å². The number of nitrogens with one attached hydrogen (secondary N) is 2. The van der Waals surface area contributed by atoms with E-state index in [1.54, 1.807) is 45.3 Å². The number of rotatable bonds is 8. The molecule has 1 amide bonds. The zero-order valence-corrected chi connectivity index (χ0v) is 19.9. The van der Waals surface area contributed by atoms with Crippen LogP contribution in [-0.2, 0) is 17.6 Å². The highest BCUT2D eigenvalue weighted by Crippen LogP contribution is 2.32. The predicted molar refractivity (Wildman–Crippen MR) is 128 cm³/mol. The third-order valence-corrected chi connectivity index (χ3v) is 5.95. The zero-order chi connectivity index (χ0) is 24.1. The maximum atomic E-state index is 12.8. The van der Waals surface area contributed by atoms with Gasteiger partial charge in [-0.25, -0.2) is 18.5 Å². The summed E-state index contributed by atoms with van der Waals surface area (Å²) in [5, 5.41) is 9.65. The van der Waals surface area contributed by atoms with E-state index >= 15 is 0 Å². The Morgan fingerprint density at radius 2 is 2.03 bits per heavy atom. The van der Waals surface area contributed by atoms with E-state index in [4.69, 9.17) is 25.9 Å². The largest absolute Gasteiger partial charge is 0.422 e. The molecule has 0 fully saturated rings. The molecule has 176 valence electrons. The number of hydrogen-bond donors (Lipinski definition) is 3. The second-order valence-corrected chi connectivity index (χ2v) is 8.84. The second-order valence-electron chi connectivity index (χ2n) is 7.40. The molecule has 0 spiro atoms. The van der Waals surface area contributed by atoms with Gasteiger partial charge in [-0.3, -0.25) is 4.72 Å². The minimum Gasteiger partial charge on any atom is -0.422 e. The molecule has 1 unspecified atom stereocenters. The lowest BCUT2D eigenvalue weighted by Crippen LogP contribution is -2.26. The molecule has 0 aliphatic rings. The number of amides is 1. The van der Waals surface area contributed by atoms with Gasteiger partial charge in [0.05, 0.1) is 11.6 Å². The monoisotopic (exact) mass is 493 g/mol. The summed E-state index contributed by atoms with van der Waals surface area (Å²) in [5.74, 6) is 0.0970. The summed E-state index contributed by atoms with van der Waals surface area (Å²) in [6.45, 7) is 1.86. The molecule has 0 saturated heterocycles. The second kappa shape index (κ2) is 10.8. The summed E-state index contributed by atoms with van der Waals surface area (Å²) >= 11 is 4.75. The average molecular weight is 494 g/mol. The molecular formula is C22H24ClN3O6S. The lowest BCUT2D eigenvalue weighted by atomic mass is 9.99. The van der Waals surface area contributed by atoms with E-state index in [1.807, 2.05) is 6.07 Å². The van der Waals surface area contributed by atoms with Crippen LogP contribution in [0.4, 0.5) is 10.5 Å². The number of ether oxygens (including phenoxy) is 1. The number of fused-ring (bicyclic) bond motifs is 1. The van der Waals surface area contributed by atoms with Crippen LogP contribution in [0.1, 0.15) is 16.7 Å². The number of aryl methyl sites for hydroxylation is 1. The molecule has 1 aromatic heterocycles. The summed E-state index contributed by atoms with van der Waals surface area (Å²) in [5.41, 5.74) is 2.28. The minimum absolute atomic E-state index is 0.0970. The van der Waals surface area contributed by atoms with E-state index in [0.29, 0.717) is 22.2 Å². The highest BCUT2D eigenvalue weighted by atomic mass is 35.5. The number of benzene rings is 2. The van der Waals surface area contributed by atoms with Crippen molar-refractivity contribution < 1.29 is 23.3 Å². The molecule has 0 aliphatic heterocycles. The standard InChI is InChI=1S/C22H24ClN3O6S/c1-13-16-11-18(23)20(32-22(29)26(2)3)12-19(16)31-21(28)17(13)10-14-5-4-6-15(9-14)25-33(30)24-7-8-27/h4-6,9,11-12,24-25,27H,7-8,10H2,1-3H3. The first kappa shape index (κ1) is 24.7. The van der Waals surface area contributed by atoms with E-state index in [2.05, 4.69) is 9.44 Å². The van der Waals surface area contributed by atoms with E-state index in [1.165, 1.54) is 11.0 Å². The lowest BCUT2D eigenvalue weighted by molar-refractivity contribution is 0.172. The topological polar surface area (TPSA) is 121 Å². The predicted octanol–water partition coefficient (Wildman–Crippen LogP) is 2.98. The Bertz CT molecular complexity index is 1260. The van der Waals surface area contributed by atoms with Crippen LogP contribution in [0.5, 0.6) is 5.75 Å². The van der Waals surface area contributed by atoms with Gasteiger partial charge in [-0.1, -0.05) is 23.7 Å². The quantitative estimate of drug-likeness (QED) is 0.415. The van der Waals surface area contributed by atoms with Crippen LogP contribution in [0.25, 0.3) is 11.0 Å². The van der Waals surface area contributed by atoms with E-state index < -0.39 is 22.9 Å². The molecule has 3 aromatic rings. The molecular weight excluding hydrogens is 470 g/mol. The number of anilines is 1. The Labute approximate surface area is 198 Å². The van der Waals surface area contributed by atoms with Crippen molar-refractivity contribution in [2.45, 2.75) is 13.3 Å². The summed E-state index contributed by atoms with van der Waals surface area (Å²) in [6, 6.07) is 10.2. The van der Waals surface area contributed by atoms with E-state index in [0.717, 1.165) is 5.56 Å². The molecule has 0 radical (unpaired) electrons. The Kier molecular flexibility index (Phi) is 8.09. The molecule has 11 heteroatoms.